The van der Waals surface area contributed by atoms with Crippen molar-refractivity contribution in [2.24, 2.45) is 5.73 Å². The van der Waals surface area contributed by atoms with E-state index in [4.69, 9.17) is 5.73 Å². The molecule has 5 nitrogen and oxygen atoms in total. The Morgan fingerprint density at radius 2 is 2.17 bits per heavy atom. The molecule has 1 amide bonds. The van der Waals surface area contributed by atoms with Crippen LogP contribution in [-0.2, 0) is 4.79 Å². The van der Waals surface area contributed by atoms with Gasteiger partial charge in [0.15, 0.2) is 0 Å². The predicted octanol–water partition coefficient (Wildman–Crippen LogP) is 0.827. The highest BCUT2D eigenvalue weighted by Crippen LogP contribution is 2.25. The zero-order valence-corrected chi connectivity index (χ0v) is 11.5. The summed E-state index contributed by atoms with van der Waals surface area (Å²) in [7, 11) is 0. The first kappa shape index (κ1) is 13.5. The fourth-order valence-corrected chi connectivity index (χ4v) is 2.59. The Hall–Kier alpha value is -0.980. The largest absolute Gasteiger partial charge is 0.386 e. The average molecular weight is 314 g/mol. The number of halogens is 1. The van der Waals surface area contributed by atoms with Gasteiger partial charge in [0.2, 0.25) is 5.91 Å². The first-order valence-corrected chi connectivity index (χ1v) is 6.72. The third kappa shape index (κ3) is 2.71. The van der Waals surface area contributed by atoms with E-state index in [2.05, 4.69) is 20.9 Å². The van der Waals surface area contributed by atoms with Crippen molar-refractivity contribution >= 4 is 21.8 Å². The van der Waals surface area contributed by atoms with Crippen LogP contribution in [0.5, 0.6) is 0 Å². The number of carbonyl (C=O) groups is 1. The summed E-state index contributed by atoms with van der Waals surface area (Å²) in [5.74, 6) is -0.191. The average Bonchev–Trinajstić information content (AvgIpc) is 2.90. The zero-order chi connectivity index (χ0) is 13.1. The quantitative estimate of drug-likeness (QED) is 0.866. The van der Waals surface area contributed by atoms with Gasteiger partial charge in [-0.05, 0) is 40.4 Å². The third-order valence-electron chi connectivity index (χ3n) is 3.17. The molecule has 1 aromatic rings. The van der Waals surface area contributed by atoms with E-state index in [1.165, 1.54) is 0 Å². The van der Waals surface area contributed by atoms with Crippen LogP contribution in [0.25, 0.3) is 0 Å². The van der Waals surface area contributed by atoms with E-state index in [-0.39, 0.29) is 5.91 Å². The SMILES string of the molecule is N[C@@H](C(=O)N1CCCC1)[C@@H](O)c1ccncc1Br. The number of aliphatic hydroxyl groups is 1. The molecule has 1 aliphatic heterocycles. The molecular formula is C12H16BrN3O2. The molecule has 2 rings (SSSR count). The smallest absolute Gasteiger partial charge is 0.242 e. The summed E-state index contributed by atoms with van der Waals surface area (Å²) < 4.78 is 0.655. The Morgan fingerprint density at radius 3 is 2.78 bits per heavy atom. The van der Waals surface area contributed by atoms with Gasteiger partial charge in [-0.3, -0.25) is 9.78 Å². The maximum Gasteiger partial charge on any atom is 0.242 e. The lowest BCUT2D eigenvalue weighted by atomic mass is 10.0. The summed E-state index contributed by atoms with van der Waals surface area (Å²) in [6.07, 6.45) is 4.14. The fourth-order valence-electron chi connectivity index (χ4n) is 2.10. The number of hydrogen-bond acceptors (Lipinski definition) is 4. The van der Waals surface area contributed by atoms with Gasteiger partial charge >= 0.3 is 0 Å². The molecule has 0 bridgehead atoms. The van der Waals surface area contributed by atoms with Crippen LogP contribution in [0.1, 0.15) is 24.5 Å². The van der Waals surface area contributed by atoms with Gasteiger partial charge in [-0.15, -0.1) is 0 Å². The first-order chi connectivity index (χ1) is 8.61. The van der Waals surface area contributed by atoms with Crippen LogP contribution in [-0.4, -0.2) is 40.0 Å². The van der Waals surface area contributed by atoms with Crippen molar-refractivity contribution in [2.75, 3.05) is 13.1 Å². The van der Waals surface area contributed by atoms with Crippen molar-refractivity contribution in [2.45, 2.75) is 25.0 Å². The minimum atomic E-state index is -1.02. The summed E-state index contributed by atoms with van der Waals surface area (Å²) in [6.45, 7) is 1.47. The molecule has 0 spiro atoms. The molecule has 0 saturated carbocycles. The number of amides is 1. The molecule has 0 radical (unpaired) electrons. The Balaban J connectivity index is 2.10. The van der Waals surface area contributed by atoms with E-state index in [1.807, 2.05) is 0 Å². The van der Waals surface area contributed by atoms with Gasteiger partial charge < -0.3 is 15.7 Å². The number of hydrogen-bond donors (Lipinski definition) is 2. The summed E-state index contributed by atoms with van der Waals surface area (Å²) in [5, 5.41) is 10.2. The molecule has 2 heterocycles. The summed E-state index contributed by atoms with van der Waals surface area (Å²) in [5.41, 5.74) is 6.45. The van der Waals surface area contributed by atoms with Crippen molar-refractivity contribution in [3.8, 4) is 0 Å². The monoisotopic (exact) mass is 313 g/mol. The Labute approximate surface area is 114 Å². The standard InChI is InChI=1S/C12H16BrN3O2/c13-9-7-15-4-3-8(9)11(17)10(14)12(18)16-5-1-2-6-16/h3-4,7,10-11,17H,1-2,5-6,14H2/t10-,11+/m1/s1. The van der Waals surface area contributed by atoms with E-state index in [0.29, 0.717) is 10.0 Å². The van der Waals surface area contributed by atoms with Crippen LogP contribution in [0.3, 0.4) is 0 Å². The topological polar surface area (TPSA) is 79.5 Å². The first-order valence-electron chi connectivity index (χ1n) is 5.93. The molecule has 1 aromatic heterocycles. The molecule has 6 heteroatoms. The Kier molecular flexibility index (Phi) is 4.31. The van der Waals surface area contributed by atoms with Gasteiger partial charge in [-0.25, -0.2) is 0 Å². The number of aliphatic hydroxyl groups excluding tert-OH is 1. The van der Waals surface area contributed by atoms with Crippen LogP contribution < -0.4 is 5.73 Å². The van der Waals surface area contributed by atoms with E-state index in [1.54, 1.807) is 23.4 Å². The highest BCUT2D eigenvalue weighted by molar-refractivity contribution is 9.10. The molecule has 3 N–H and O–H groups in total. The molecule has 0 aromatic carbocycles. The number of nitrogens with zero attached hydrogens (tertiary/aromatic N) is 2. The van der Waals surface area contributed by atoms with Crippen molar-refractivity contribution in [1.29, 1.82) is 0 Å². The van der Waals surface area contributed by atoms with Crippen molar-refractivity contribution in [1.82, 2.24) is 9.88 Å². The number of rotatable bonds is 3. The second-order valence-corrected chi connectivity index (χ2v) is 5.25. The molecule has 98 valence electrons. The molecule has 2 atom stereocenters. The van der Waals surface area contributed by atoms with Gasteiger partial charge in [0.05, 0.1) is 0 Å². The molecule has 18 heavy (non-hydrogen) atoms. The molecule has 0 unspecified atom stereocenters. The normalized spacial score (nSPS) is 18.7. The van der Waals surface area contributed by atoms with Gasteiger partial charge in [0, 0.05) is 30.0 Å². The molecule has 1 aliphatic rings. The second kappa shape index (κ2) is 5.77. The minimum absolute atomic E-state index is 0.191. The lowest BCUT2D eigenvalue weighted by Crippen LogP contribution is -2.46. The lowest BCUT2D eigenvalue weighted by Gasteiger charge is -2.24. The van der Waals surface area contributed by atoms with E-state index >= 15 is 0 Å². The molecular weight excluding hydrogens is 298 g/mol. The lowest BCUT2D eigenvalue weighted by molar-refractivity contribution is -0.134. The van der Waals surface area contributed by atoms with Gasteiger partial charge in [0.1, 0.15) is 12.1 Å². The Morgan fingerprint density at radius 1 is 1.50 bits per heavy atom. The highest BCUT2D eigenvalue weighted by atomic mass is 79.9. The number of aromatic nitrogens is 1. The molecule has 0 aliphatic carbocycles. The number of carbonyl (C=O) groups excluding carboxylic acids is 1. The van der Waals surface area contributed by atoms with Crippen LogP contribution in [0.15, 0.2) is 22.9 Å². The van der Waals surface area contributed by atoms with Gasteiger partial charge in [-0.2, -0.15) is 0 Å². The van der Waals surface area contributed by atoms with Gasteiger partial charge in [-0.1, -0.05) is 0 Å². The van der Waals surface area contributed by atoms with E-state index < -0.39 is 12.1 Å². The summed E-state index contributed by atoms with van der Waals surface area (Å²) in [6, 6.07) is 0.730. The minimum Gasteiger partial charge on any atom is -0.386 e. The van der Waals surface area contributed by atoms with E-state index in [9.17, 15) is 9.90 Å². The van der Waals surface area contributed by atoms with Crippen molar-refractivity contribution < 1.29 is 9.90 Å². The van der Waals surface area contributed by atoms with Crippen LogP contribution >= 0.6 is 15.9 Å². The second-order valence-electron chi connectivity index (χ2n) is 4.40. The van der Waals surface area contributed by atoms with Crippen molar-refractivity contribution in [3.05, 3.63) is 28.5 Å². The maximum absolute atomic E-state index is 12.1. The predicted molar refractivity (Wildman–Crippen MR) is 70.7 cm³/mol. The molecule has 1 fully saturated rings. The van der Waals surface area contributed by atoms with Crippen LogP contribution in [0.2, 0.25) is 0 Å². The van der Waals surface area contributed by atoms with Crippen LogP contribution in [0.4, 0.5) is 0 Å². The highest BCUT2D eigenvalue weighted by Gasteiger charge is 2.30. The Bertz CT molecular complexity index is 435. The summed E-state index contributed by atoms with van der Waals surface area (Å²) >= 11 is 3.29. The fraction of sp³-hybridized carbons (Fsp3) is 0.500. The van der Waals surface area contributed by atoms with E-state index in [0.717, 1.165) is 25.9 Å². The third-order valence-corrected chi connectivity index (χ3v) is 3.83. The van der Waals surface area contributed by atoms with Crippen LogP contribution in [0, 0.1) is 0 Å². The maximum atomic E-state index is 12.1. The zero-order valence-electron chi connectivity index (χ0n) is 9.92. The summed E-state index contributed by atoms with van der Waals surface area (Å²) in [4.78, 5) is 17.7. The number of likely N-dealkylation sites (tertiary alicyclic amines) is 1. The van der Waals surface area contributed by atoms with Gasteiger partial charge in [0.25, 0.3) is 0 Å². The number of pyridine rings is 1. The number of nitrogens with two attached hydrogens (primary N) is 1. The molecule has 1 saturated heterocycles. The van der Waals surface area contributed by atoms with Crippen molar-refractivity contribution in [3.63, 3.8) is 0 Å².